The summed E-state index contributed by atoms with van der Waals surface area (Å²) in [5, 5.41) is 5.69. The minimum absolute atomic E-state index is 0.0828. The van der Waals surface area contributed by atoms with Gasteiger partial charge in [-0.2, -0.15) is 0 Å². The number of likely N-dealkylation sites (N-methyl/N-ethyl adjacent to an activating group) is 1. The van der Waals surface area contributed by atoms with Crippen LogP contribution < -0.4 is 10.6 Å². The van der Waals surface area contributed by atoms with Gasteiger partial charge in [0.1, 0.15) is 9.88 Å². The third-order valence-corrected chi connectivity index (χ3v) is 5.82. The van der Waals surface area contributed by atoms with Crippen LogP contribution in [-0.4, -0.2) is 63.0 Å². The first-order chi connectivity index (χ1) is 15.2. The topological polar surface area (TPSA) is 114 Å². The Bertz CT molecular complexity index is 1000. The van der Waals surface area contributed by atoms with E-state index < -0.39 is 11.9 Å². The average molecular weight is 462 g/mol. The van der Waals surface area contributed by atoms with Crippen molar-refractivity contribution in [1.82, 2.24) is 4.90 Å². The van der Waals surface area contributed by atoms with Crippen LogP contribution in [0.3, 0.4) is 0 Å². The van der Waals surface area contributed by atoms with Gasteiger partial charge in [-0.25, -0.2) is 9.59 Å². The van der Waals surface area contributed by atoms with Crippen LogP contribution in [0.2, 0.25) is 0 Å². The van der Waals surface area contributed by atoms with Crippen molar-refractivity contribution in [3.8, 4) is 0 Å². The van der Waals surface area contributed by atoms with E-state index in [1.807, 2.05) is 31.2 Å². The Balaban J connectivity index is 1.94. The first-order valence-corrected chi connectivity index (χ1v) is 10.6. The second kappa shape index (κ2) is 11.4. The summed E-state index contributed by atoms with van der Waals surface area (Å²) in [5.41, 5.74) is 2.31. The summed E-state index contributed by atoms with van der Waals surface area (Å²) in [7, 11) is 4.19. The van der Waals surface area contributed by atoms with E-state index in [9.17, 15) is 19.2 Å². The molecular formula is C22H27N3O6S. The number of aryl methyl sites for hydroxylation is 1. The predicted molar refractivity (Wildman–Crippen MR) is 122 cm³/mol. The Kier molecular flexibility index (Phi) is 8.91. The van der Waals surface area contributed by atoms with Gasteiger partial charge in [0.25, 0.3) is 0 Å². The third kappa shape index (κ3) is 6.63. The summed E-state index contributed by atoms with van der Waals surface area (Å²) in [6.07, 6.45) is 0.0828. The molecule has 9 nitrogen and oxygen atoms in total. The quantitative estimate of drug-likeness (QED) is 0.552. The van der Waals surface area contributed by atoms with Crippen LogP contribution in [0.15, 0.2) is 24.3 Å². The second-order valence-electron chi connectivity index (χ2n) is 7.19. The lowest BCUT2D eigenvalue weighted by Gasteiger charge is -2.16. The Hall–Kier alpha value is -3.24. The number of rotatable bonds is 9. The highest BCUT2D eigenvalue weighted by Crippen LogP contribution is 2.34. The van der Waals surface area contributed by atoms with Crippen LogP contribution >= 0.6 is 11.3 Å². The molecule has 0 aliphatic carbocycles. The van der Waals surface area contributed by atoms with Crippen LogP contribution in [0.5, 0.6) is 0 Å². The van der Waals surface area contributed by atoms with Crippen LogP contribution in [0, 0.1) is 13.8 Å². The lowest BCUT2D eigenvalue weighted by Crippen LogP contribution is -2.32. The number of hydrogen-bond acceptors (Lipinski definition) is 8. The standard InChI is InChI=1S/C22H27N3O6S/c1-13-6-8-15(9-7-13)23-17(27)12-25(3)11-10-16(26)24-20-18(21(28)30-4)14(2)19(32-20)22(29)31-5/h6-9H,10-12H2,1-5H3,(H,23,27)(H,24,26). The number of anilines is 2. The van der Waals surface area contributed by atoms with Gasteiger partial charge in [0, 0.05) is 18.7 Å². The fourth-order valence-electron chi connectivity index (χ4n) is 2.88. The molecule has 0 fully saturated rings. The molecule has 0 atom stereocenters. The lowest BCUT2D eigenvalue weighted by atomic mass is 10.1. The highest BCUT2D eigenvalue weighted by atomic mass is 32.1. The van der Waals surface area contributed by atoms with Gasteiger partial charge < -0.3 is 20.1 Å². The molecule has 1 aromatic heterocycles. The summed E-state index contributed by atoms with van der Waals surface area (Å²) in [6.45, 7) is 3.98. The van der Waals surface area contributed by atoms with Crippen molar-refractivity contribution in [2.45, 2.75) is 20.3 Å². The monoisotopic (exact) mass is 461 g/mol. The fourth-order valence-corrected chi connectivity index (χ4v) is 4.01. The fraction of sp³-hybridized carbons (Fsp3) is 0.364. The molecule has 172 valence electrons. The van der Waals surface area contributed by atoms with E-state index in [1.54, 1.807) is 18.9 Å². The van der Waals surface area contributed by atoms with Crippen molar-refractivity contribution in [3.05, 3.63) is 45.8 Å². The Morgan fingerprint density at radius 3 is 2.16 bits per heavy atom. The van der Waals surface area contributed by atoms with E-state index in [2.05, 4.69) is 10.6 Å². The predicted octanol–water partition coefficient (Wildman–Crippen LogP) is 2.84. The number of hydrogen-bond donors (Lipinski definition) is 2. The van der Waals surface area contributed by atoms with Crippen molar-refractivity contribution in [1.29, 1.82) is 0 Å². The van der Waals surface area contributed by atoms with Crippen molar-refractivity contribution in [2.75, 3.05) is 45.0 Å². The van der Waals surface area contributed by atoms with E-state index in [-0.39, 0.29) is 40.2 Å². The van der Waals surface area contributed by atoms with Gasteiger partial charge in [-0.15, -0.1) is 11.3 Å². The van der Waals surface area contributed by atoms with E-state index in [0.717, 1.165) is 16.9 Å². The summed E-state index contributed by atoms with van der Waals surface area (Å²) >= 11 is 0.953. The molecule has 1 aromatic carbocycles. The number of nitrogens with zero attached hydrogens (tertiary/aromatic N) is 1. The largest absolute Gasteiger partial charge is 0.465 e. The second-order valence-corrected chi connectivity index (χ2v) is 8.21. The maximum Gasteiger partial charge on any atom is 0.348 e. The minimum atomic E-state index is -0.658. The zero-order chi connectivity index (χ0) is 23.8. The number of carbonyl (C=O) groups is 4. The Labute approximate surface area is 190 Å². The molecule has 0 bridgehead atoms. The highest BCUT2D eigenvalue weighted by Gasteiger charge is 2.26. The number of carbonyl (C=O) groups excluding carboxylic acids is 4. The van der Waals surface area contributed by atoms with Crippen LogP contribution in [-0.2, 0) is 19.1 Å². The molecule has 0 saturated carbocycles. The molecule has 1 heterocycles. The van der Waals surface area contributed by atoms with E-state index in [0.29, 0.717) is 17.8 Å². The number of thiophene rings is 1. The molecule has 2 N–H and O–H groups in total. The van der Waals surface area contributed by atoms with Crippen molar-refractivity contribution < 1.29 is 28.7 Å². The molecule has 2 amide bonds. The van der Waals surface area contributed by atoms with Crippen LogP contribution in [0.1, 0.15) is 37.6 Å². The summed E-state index contributed by atoms with van der Waals surface area (Å²) < 4.78 is 9.51. The Morgan fingerprint density at radius 1 is 0.938 bits per heavy atom. The molecule has 32 heavy (non-hydrogen) atoms. The SMILES string of the molecule is COC(=O)c1sc(NC(=O)CCN(C)CC(=O)Nc2ccc(C)cc2)c(C(=O)OC)c1C. The number of methoxy groups -OCH3 is 2. The smallest absolute Gasteiger partial charge is 0.348 e. The molecule has 10 heteroatoms. The van der Waals surface area contributed by atoms with Gasteiger partial charge in [0.05, 0.1) is 26.3 Å². The summed E-state index contributed by atoms with van der Waals surface area (Å²) in [6, 6.07) is 7.46. The number of nitrogens with one attached hydrogen (secondary N) is 2. The molecular weight excluding hydrogens is 434 g/mol. The van der Waals surface area contributed by atoms with Crippen LogP contribution in [0.4, 0.5) is 10.7 Å². The first-order valence-electron chi connectivity index (χ1n) is 9.81. The minimum Gasteiger partial charge on any atom is -0.465 e. The molecule has 0 saturated heterocycles. The van der Waals surface area contributed by atoms with Gasteiger partial charge in [-0.05, 0) is 38.6 Å². The third-order valence-electron chi connectivity index (χ3n) is 4.63. The Morgan fingerprint density at radius 2 is 1.56 bits per heavy atom. The number of amides is 2. The summed E-state index contributed by atoms with van der Waals surface area (Å²) in [4.78, 5) is 50.6. The van der Waals surface area contributed by atoms with Gasteiger partial charge >= 0.3 is 11.9 Å². The number of benzene rings is 1. The lowest BCUT2D eigenvalue weighted by molar-refractivity contribution is -0.119. The molecule has 2 rings (SSSR count). The van der Waals surface area contributed by atoms with Gasteiger partial charge in [-0.1, -0.05) is 17.7 Å². The van der Waals surface area contributed by atoms with Crippen molar-refractivity contribution in [2.24, 2.45) is 0 Å². The number of ether oxygens (including phenoxy) is 2. The van der Waals surface area contributed by atoms with Gasteiger partial charge in [0.2, 0.25) is 11.8 Å². The zero-order valence-electron chi connectivity index (χ0n) is 18.7. The molecule has 2 aromatic rings. The van der Waals surface area contributed by atoms with Gasteiger partial charge in [0.15, 0.2) is 0 Å². The maximum absolute atomic E-state index is 12.4. The van der Waals surface area contributed by atoms with Crippen LogP contribution in [0.25, 0.3) is 0 Å². The zero-order valence-corrected chi connectivity index (χ0v) is 19.6. The first kappa shape index (κ1) is 25.0. The molecule has 0 radical (unpaired) electrons. The van der Waals surface area contributed by atoms with E-state index >= 15 is 0 Å². The molecule has 0 aliphatic heterocycles. The normalized spacial score (nSPS) is 10.6. The van der Waals surface area contributed by atoms with Gasteiger partial charge in [-0.3, -0.25) is 14.5 Å². The van der Waals surface area contributed by atoms with E-state index in [1.165, 1.54) is 14.2 Å². The summed E-state index contributed by atoms with van der Waals surface area (Å²) in [5.74, 6) is -1.81. The maximum atomic E-state index is 12.4. The highest BCUT2D eigenvalue weighted by molar-refractivity contribution is 7.18. The molecule has 0 spiro atoms. The van der Waals surface area contributed by atoms with Crippen molar-refractivity contribution >= 4 is 45.8 Å². The molecule has 0 unspecified atom stereocenters. The number of esters is 2. The molecule has 0 aliphatic rings. The van der Waals surface area contributed by atoms with E-state index in [4.69, 9.17) is 9.47 Å². The van der Waals surface area contributed by atoms with Crippen molar-refractivity contribution in [3.63, 3.8) is 0 Å². The average Bonchev–Trinajstić information content (AvgIpc) is 3.08.